The maximum atomic E-state index is 13.6. The Kier molecular flexibility index (Phi) is 6.84. The fourth-order valence-electron chi connectivity index (χ4n) is 4.74. The van der Waals surface area contributed by atoms with Crippen LogP contribution in [0, 0.1) is 5.92 Å². The number of fused-ring (bicyclic) bond motifs is 1. The Morgan fingerprint density at radius 2 is 1.71 bits per heavy atom. The average Bonchev–Trinajstić information content (AvgIpc) is 3.36. The highest BCUT2D eigenvalue weighted by atomic mass is 35.5. The minimum atomic E-state index is -0.157. The van der Waals surface area contributed by atoms with E-state index in [2.05, 4.69) is 24.1 Å². The second-order valence-electron chi connectivity index (χ2n) is 9.33. The summed E-state index contributed by atoms with van der Waals surface area (Å²) in [5.74, 6) is 0.103. The van der Waals surface area contributed by atoms with Crippen molar-refractivity contribution in [3.8, 4) is 0 Å². The highest BCUT2D eigenvalue weighted by Gasteiger charge is 2.47. The van der Waals surface area contributed by atoms with Gasteiger partial charge in [-0.05, 0) is 59.5 Å². The van der Waals surface area contributed by atoms with Crippen molar-refractivity contribution in [1.82, 2.24) is 15.1 Å². The van der Waals surface area contributed by atoms with Gasteiger partial charge in [-0.2, -0.15) is 0 Å². The molecular formula is C26H26Cl2N4O2S. The lowest BCUT2D eigenvalue weighted by molar-refractivity contribution is -0.135. The number of benzene rings is 2. The van der Waals surface area contributed by atoms with Crippen molar-refractivity contribution in [3.63, 3.8) is 0 Å². The third-order valence-electron chi connectivity index (χ3n) is 6.32. The molecule has 0 spiro atoms. The fourth-order valence-corrected chi connectivity index (χ4v) is 6.18. The summed E-state index contributed by atoms with van der Waals surface area (Å²) in [6.07, 6.45) is 0.727. The molecule has 3 aliphatic rings. The van der Waals surface area contributed by atoms with Crippen LogP contribution in [0.3, 0.4) is 0 Å². The number of allylic oxidation sites excluding steroid dienone is 1. The third-order valence-corrected chi connectivity index (χ3v) is 7.93. The van der Waals surface area contributed by atoms with Crippen LogP contribution < -0.4 is 5.32 Å². The van der Waals surface area contributed by atoms with Crippen molar-refractivity contribution < 1.29 is 9.59 Å². The molecule has 6 nitrogen and oxygen atoms in total. The maximum Gasteiger partial charge on any atom is 0.263 e. The van der Waals surface area contributed by atoms with Gasteiger partial charge < -0.3 is 15.1 Å². The first kappa shape index (κ1) is 24.2. The molecule has 0 aliphatic carbocycles. The first-order valence-electron chi connectivity index (χ1n) is 11.7. The van der Waals surface area contributed by atoms with Gasteiger partial charge in [0, 0.05) is 28.8 Å². The number of hydrogen-bond donors (Lipinski definition) is 1. The summed E-state index contributed by atoms with van der Waals surface area (Å²) in [6.45, 7) is 5.35. The zero-order valence-corrected chi connectivity index (χ0v) is 21.8. The predicted octanol–water partition coefficient (Wildman–Crippen LogP) is 5.41. The van der Waals surface area contributed by atoms with E-state index in [4.69, 9.17) is 28.2 Å². The molecule has 2 aromatic carbocycles. The monoisotopic (exact) mass is 528 g/mol. The van der Waals surface area contributed by atoms with E-state index >= 15 is 0 Å². The molecule has 0 radical (unpaired) electrons. The molecule has 2 atom stereocenters. The number of halogens is 2. The number of aliphatic imine (C=N–C) groups is 1. The molecule has 2 unspecified atom stereocenters. The second kappa shape index (κ2) is 9.88. The average molecular weight is 529 g/mol. The molecule has 3 heterocycles. The number of nitrogens with one attached hydrogen (secondary N) is 1. The molecule has 1 fully saturated rings. The van der Waals surface area contributed by atoms with Crippen molar-refractivity contribution in [2.24, 2.45) is 10.9 Å². The smallest absolute Gasteiger partial charge is 0.263 e. The highest BCUT2D eigenvalue weighted by molar-refractivity contribution is 8.18. The molecule has 0 saturated carbocycles. The van der Waals surface area contributed by atoms with Crippen LogP contribution in [0.5, 0.6) is 0 Å². The van der Waals surface area contributed by atoms with Crippen molar-refractivity contribution in [2.75, 3.05) is 19.6 Å². The van der Waals surface area contributed by atoms with Crippen LogP contribution in [-0.4, -0.2) is 46.4 Å². The van der Waals surface area contributed by atoms with Gasteiger partial charge in [-0.25, -0.2) is 0 Å². The molecule has 1 N–H and O–H groups in total. The van der Waals surface area contributed by atoms with Gasteiger partial charge in [0.2, 0.25) is 5.91 Å². The quantitative estimate of drug-likeness (QED) is 0.563. The number of piperazine rings is 1. The Bertz CT molecular complexity index is 1210. The van der Waals surface area contributed by atoms with E-state index in [0.717, 1.165) is 28.4 Å². The van der Waals surface area contributed by atoms with Gasteiger partial charge in [0.1, 0.15) is 6.04 Å². The minimum absolute atomic E-state index is 0.0817. The van der Waals surface area contributed by atoms with Crippen LogP contribution in [0.4, 0.5) is 0 Å². The van der Waals surface area contributed by atoms with E-state index in [1.807, 2.05) is 48.5 Å². The summed E-state index contributed by atoms with van der Waals surface area (Å²) in [4.78, 5) is 35.2. The standard InChI is InChI=1S/C26H26Cl2N4O2S/c1-15(2)13-20-24(25(34)31-12-11-29-21(33)14-31)35-26-30-22(16-3-7-18(27)8-4-16)23(32(20)26)17-5-9-19(28)10-6-17/h3-10,15,22-23H,11-14H2,1-2H3,(H,29,33). The number of carbonyl (C=O) groups is 2. The first-order chi connectivity index (χ1) is 16.8. The largest absolute Gasteiger partial charge is 0.353 e. The lowest BCUT2D eigenvalue weighted by Gasteiger charge is -2.31. The fraction of sp³-hybridized carbons (Fsp3) is 0.346. The molecule has 5 rings (SSSR count). The molecule has 182 valence electrons. The SMILES string of the molecule is CC(C)CC1=C(C(=O)N2CCNC(=O)C2)SC2=NC(c3ccc(Cl)cc3)C(c3ccc(Cl)cc3)N21. The topological polar surface area (TPSA) is 65.0 Å². The van der Waals surface area contributed by atoms with Crippen LogP contribution >= 0.6 is 35.0 Å². The molecule has 1 saturated heterocycles. The van der Waals surface area contributed by atoms with Gasteiger partial charge in [-0.3, -0.25) is 14.6 Å². The number of rotatable bonds is 5. The Balaban J connectivity index is 1.58. The normalized spacial score (nSPS) is 22.0. The lowest BCUT2D eigenvalue weighted by Crippen LogP contribution is -2.50. The van der Waals surface area contributed by atoms with Crippen molar-refractivity contribution in [1.29, 1.82) is 0 Å². The van der Waals surface area contributed by atoms with E-state index in [-0.39, 0.29) is 30.4 Å². The van der Waals surface area contributed by atoms with E-state index < -0.39 is 0 Å². The van der Waals surface area contributed by atoms with Crippen molar-refractivity contribution in [3.05, 3.63) is 80.3 Å². The van der Waals surface area contributed by atoms with Gasteiger partial charge in [-0.15, -0.1) is 0 Å². The van der Waals surface area contributed by atoms with E-state index in [1.54, 1.807) is 4.90 Å². The van der Waals surface area contributed by atoms with Crippen LogP contribution in [-0.2, 0) is 9.59 Å². The maximum absolute atomic E-state index is 13.6. The van der Waals surface area contributed by atoms with Crippen LogP contribution in [0.15, 0.2) is 64.1 Å². The van der Waals surface area contributed by atoms with Gasteiger partial charge in [0.25, 0.3) is 5.91 Å². The number of thioether (sulfide) groups is 1. The van der Waals surface area contributed by atoms with Gasteiger partial charge in [0.05, 0.1) is 17.5 Å². The van der Waals surface area contributed by atoms with Crippen molar-refractivity contribution >= 4 is 51.9 Å². The van der Waals surface area contributed by atoms with Crippen LogP contribution in [0.2, 0.25) is 10.0 Å². The summed E-state index contributed by atoms with van der Waals surface area (Å²) in [5.41, 5.74) is 3.10. The van der Waals surface area contributed by atoms with Crippen LogP contribution in [0.1, 0.15) is 43.5 Å². The first-order valence-corrected chi connectivity index (χ1v) is 13.2. The molecule has 35 heavy (non-hydrogen) atoms. The zero-order chi connectivity index (χ0) is 24.7. The molecule has 0 bridgehead atoms. The van der Waals surface area contributed by atoms with Gasteiger partial charge in [-0.1, -0.05) is 61.3 Å². The van der Waals surface area contributed by atoms with Crippen molar-refractivity contribution in [2.45, 2.75) is 32.4 Å². The van der Waals surface area contributed by atoms with Crippen LogP contribution in [0.25, 0.3) is 0 Å². The van der Waals surface area contributed by atoms with Gasteiger partial charge in [0.15, 0.2) is 5.17 Å². The second-order valence-corrected chi connectivity index (χ2v) is 11.2. The summed E-state index contributed by atoms with van der Waals surface area (Å²) < 4.78 is 0. The van der Waals surface area contributed by atoms with E-state index in [0.29, 0.717) is 34.0 Å². The minimum Gasteiger partial charge on any atom is -0.353 e. The molecule has 3 aliphatic heterocycles. The summed E-state index contributed by atoms with van der Waals surface area (Å²) in [7, 11) is 0. The Morgan fingerprint density at radius 3 is 2.31 bits per heavy atom. The third kappa shape index (κ3) is 4.82. The predicted molar refractivity (Wildman–Crippen MR) is 141 cm³/mol. The molecule has 9 heteroatoms. The summed E-state index contributed by atoms with van der Waals surface area (Å²) in [6, 6.07) is 15.3. The lowest BCUT2D eigenvalue weighted by atomic mass is 9.92. The number of hydrogen-bond acceptors (Lipinski definition) is 5. The van der Waals surface area contributed by atoms with E-state index in [1.165, 1.54) is 11.8 Å². The Morgan fingerprint density at radius 1 is 1.09 bits per heavy atom. The summed E-state index contributed by atoms with van der Waals surface area (Å²) in [5, 5.41) is 4.95. The number of nitrogens with zero attached hydrogens (tertiary/aromatic N) is 3. The molecule has 2 amide bonds. The Labute approximate surface area is 219 Å². The zero-order valence-electron chi connectivity index (χ0n) is 19.5. The van der Waals surface area contributed by atoms with E-state index in [9.17, 15) is 9.59 Å². The molecule has 2 aromatic rings. The highest BCUT2D eigenvalue weighted by Crippen LogP contribution is 2.53. The van der Waals surface area contributed by atoms with Gasteiger partial charge >= 0.3 is 0 Å². The number of amidine groups is 1. The molecule has 0 aromatic heterocycles. The number of amides is 2. The summed E-state index contributed by atoms with van der Waals surface area (Å²) >= 11 is 13.8. The molecular weight excluding hydrogens is 503 g/mol. The number of carbonyl (C=O) groups excluding carboxylic acids is 2. The Hall–Kier alpha value is -2.48.